The summed E-state index contributed by atoms with van der Waals surface area (Å²) in [5.74, 6) is -0.0575. The van der Waals surface area contributed by atoms with Gasteiger partial charge in [-0.2, -0.15) is 13.2 Å². The summed E-state index contributed by atoms with van der Waals surface area (Å²) < 4.78 is 37.6. The Hall–Kier alpha value is -0.930. The van der Waals surface area contributed by atoms with E-state index < -0.39 is 11.7 Å². The third kappa shape index (κ3) is 1.94. The molecule has 0 spiro atoms. The number of H-pyrrole nitrogens is 1. The molecule has 0 aliphatic rings. The van der Waals surface area contributed by atoms with Crippen LogP contribution in [-0.4, -0.2) is 4.98 Å². The number of aryl methyl sites for hydroxylation is 1. The lowest BCUT2D eigenvalue weighted by Gasteiger charge is -2.13. The number of alkyl halides is 3. The van der Waals surface area contributed by atoms with E-state index in [1.807, 2.05) is 13.8 Å². The Morgan fingerprint density at radius 1 is 1.43 bits per heavy atom. The van der Waals surface area contributed by atoms with Crippen LogP contribution in [0.1, 0.15) is 43.0 Å². The molecule has 1 heterocycles. The lowest BCUT2D eigenvalue weighted by Crippen LogP contribution is -2.08. The molecule has 0 amide bonds. The lowest BCUT2D eigenvalue weighted by atomic mass is 9.95. The van der Waals surface area contributed by atoms with E-state index in [1.54, 1.807) is 6.92 Å². The van der Waals surface area contributed by atoms with Crippen LogP contribution in [0, 0.1) is 6.92 Å². The first-order valence-electron chi connectivity index (χ1n) is 4.63. The van der Waals surface area contributed by atoms with Crippen LogP contribution in [0.5, 0.6) is 0 Å². The Balaban J connectivity index is 3.19. The van der Waals surface area contributed by atoms with Crippen LogP contribution in [0.25, 0.3) is 0 Å². The van der Waals surface area contributed by atoms with Gasteiger partial charge in [0.1, 0.15) is 0 Å². The Bertz CT molecular complexity index is 312. The molecule has 1 nitrogen and oxygen atoms in total. The third-order valence-electron chi connectivity index (χ3n) is 2.54. The summed E-state index contributed by atoms with van der Waals surface area (Å²) in [7, 11) is 0. The van der Waals surface area contributed by atoms with Crippen molar-refractivity contribution in [2.24, 2.45) is 0 Å². The van der Waals surface area contributed by atoms with Gasteiger partial charge in [-0.25, -0.2) is 0 Å². The number of nitrogens with one attached hydrogen (secondary N) is 1. The normalized spacial score (nSPS) is 14.4. The Kier molecular flexibility index (Phi) is 2.92. The highest BCUT2D eigenvalue weighted by molar-refractivity contribution is 5.35. The number of rotatable bonds is 2. The molecule has 0 bridgehead atoms. The predicted molar refractivity (Wildman–Crippen MR) is 49.2 cm³/mol. The van der Waals surface area contributed by atoms with Crippen molar-refractivity contribution >= 4 is 0 Å². The second-order valence-electron chi connectivity index (χ2n) is 3.55. The van der Waals surface area contributed by atoms with E-state index in [2.05, 4.69) is 4.98 Å². The maximum Gasteiger partial charge on any atom is 0.418 e. The number of hydrogen-bond acceptors (Lipinski definition) is 0. The van der Waals surface area contributed by atoms with Gasteiger partial charge in [-0.15, -0.1) is 0 Å². The molecule has 0 aliphatic heterocycles. The number of aromatic amines is 1. The molecule has 1 unspecified atom stereocenters. The molecule has 0 radical (unpaired) electrons. The summed E-state index contributed by atoms with van der Waals surface area (Å²) in [6, 6.07) is 0. The molecule has 1 atom stereocenters. The van der Waals surface area contributed by atoms with Crippen molar-refractivity contribution in [2.45, 2.75) is 39.3 Å². The molecule has 1 aromatic rings. The van der Waals surface area contributed by atoms with E-state index in [9.17, 15) is 13.2 Å². The van der Waals surface area contributed by atoms with Crippen molar-refractivity contribution in [3.05, 3.63) is 23.0 Å². The van der Waals surface area contributed by atoms with Gasteiger partial charge in [-0.05, 0) is 24.8 Å². The van der Waals surface area contributed by atoms with Crippen molar-refractivity contribution in [1.82, 2.24) is 4.98 Å². The van der Waals surface area contributed by atoms with Crippen molar-refractivity contribution in [2.75, 3.05) is 0 Å². The van der Waals surface area contributed by atoms with Gasteiger partial charge in [-0.1, -0.05) is 13.8 Å². The standard InChI is InChI=1S/C10H14F3N/c1-4-6(2)9-7(3)14-5-8(9)10(11,12)13/h5-6,14H,4H2,1-3H3. The molecule has 0 aliphatic carbocycles. The molecular formula is C10H14F3N. The molecular weight excluding hydrogens is 191 g/mol. The largest absolute Gasteiger partial charge is 0.418 e. The number of hydrogen-bond donors (Lipinski definition) is 1. The molecule has 0 aromatic carbocycles. The fourth-order valence-corrected chi connectivity index (χ4v) is 1.61. The van der Waals surface area contributed by atoms with Crippen LogP contribution in [0.15, 0.2) is 6.20 Å². The average Bonchev–Trinajstić information content (AvgIpc) is 2.45. The zero-order chi connectivity index (χ0) is 10.9. The molecule has 4 heteroatoms. The molecule has 0 saturated heterocycles. The zero-order valence-corrected chi connectivity index (χ0v) is 8.50. The number of halogens is 3. The van der Waals surface area contributed by atoms with E-state index >= 15 is 0 Å². The van der Waals surface area contributed by atoms with E-state index in [0.29, 0.717) is 17.7 Å². The highest BCUT2D eigenvalue weighted by Crippen LogP contribution is 2.37. The monoisotopic (exact) mass is 205 g/mol. The van der Waals surface area contributed by atoms with Gasteiger partial charge in [0.25, 0.3) is 0 Å². The first-order chi connectivity index (χ1) is 6.38. The van der Waals surface area contributed by atoms with Gasteiger partial charge in [0.05, 0.1) is 5.56 Å². The van der Waals surface area contributed by atoms with Crippen molar-refractivity contribution in [3.8, 4) is 0 Å². The highest BCUT2D eigenvalue weighted by Gasteiger charge is 2.35. The molecule has 0 saturated carbocycles. The van der Waals surface area contributed by atoms with E-state index in [1.165, 1.54) is 0 Å². The van der Waals surface area contributed by atoms with Gasteiger partial charge in [0.15, 0.2) is 0 Å². The first kappa shape index (κ1) is 11.1. The van der Waals surface area contributed by atoms with Crippen LogP contribution in [0.3, 0.4) is 0 Å². The van der Waals surface area contributed by atoms with Crippen LogP contribution in [0.4, 0.5) is 13.2 Å². The summed E-state index contributed by atoms with van der Waals surface area (Å²) in [6.45, 7) is 5.37. The quantitative estimate of drug-likeness (QED) is 0.754. The van der Waals surface area contributed by atoms with Crippen LogP contribution >= 0.6 is 0 Å². The summed E-state index contributed by atoms with van der Waals surface area (Å²) in [4.78, 5) is 2.64. The molecule has 1 rings (SSSR count). The van der Waals surface area contributed by atoms with E-state index in [4.69, 9.17) is 0 Å². The minimum absolute atomic E-state index is 0.0575. The van der Waals surface area contributed by atoms with Crippen LogP contribution in [0.2, 0.25) is 0 Å². The van der Waals surface area contributed by atoms with Gasteiger partial charge in [-0.3, -0.25) is 0 Å². The molecule has 1 aromatic heterocycles. The van der Waals surface area contributed by atoms with Crippen LogP contribution in [-0.2, 0) is 6.18 Å². The topological polar surface area (TPSA) is 15.8 Å². The molecule has 0 fully saturated rings. The molecule has 80 valence electrons. The Morgan fingerprint density at radius 3 is 2.43 bits per heavy atom. The fourth-order valence-electron chi connectivity index (χ4n) is 1.61. The van der Waals surface area contributed by atoms with Crippen molar-refractivity contribution < 1.29 is 13.2 Å². The fraction of sp³-hybridized carbons (Fsp3) is 0.600. The minimum Gasteiger partial charge on any atom is -0.364 e. The van der Waals surface area contributed by atoms with Gasteiger partial charge in [0.2, 0.25) is 0 Å². The zero-order valence-electron chi connectivity index (χ0n) is 8.50. The smallest absolute Gasteiger partial charge is 0.364 e. The lowest BCUT2D eigenvalue weighted by molar-refractivity contribution is -0.138. The van der Waals surface area contributed by atoms with E-state index in [-0.39, 0.29) is 5.92 Å². The molecule has 14 heavy (non-hydrogen) atoms. The second kappa shape index (κ2) is 3.67. The third-order valence-corrected chi connectivity index (χ3v) is 2.54. The SMILES string of the molecule is CCC(C)c1c(C(F)(F)F)c[nH]c1C. The Labute approximate surface area is 81.3 Å². The predicted octanol–water partition coefficient (Wildman–Crippen LogP) is 3.86. The first-order valence-corrected chi connectivity index (χ1v) is 4.63. The summed E-state index contributed by atoms with van der Waals surface area (Å²) in [6.07, 6.45) is -2.48. The summed E-state index contributed by atoms with van der Waals surface area (Å²) >= 11 is 0. The molecule has 1 N–H and O–H groups in total. The second-order valence-corrected chi connectivity index (χ2v) is 3.55. The van der Waals surface area contributed by atoms with Crippen molar-refractivity contribution in [3.63, 3.8) is 0 Å². The maximum atomic E-state index is 12.5. The minimum atomic E-state index is -4.25. The van der Waals surface area contributed by atoms with Crippen LogP contribution < -0.4 is 0 Å². The van der Waals surface area contributed by atoms with Gasteiger partial charge in [0, 0.05) is 11.9 Å². The van der Waals surface area contributed by atoms with E-state index in [0.717, 1.165) is 6.20 Å². The highest BCUT2D eigenvalue weighted by atomic mass is 19.4. The summed E-state index contributed by atoms with van der Waals surface area (Å²) in [5.41, 5.74) is 0.496. The van der Waals surface area contributed by atoms with Crippen molar-refractivity contribution in [1.29, 1.82) is 0 Å². The average molecular weight is 205 g/mol. The Morgan fingerprint density at radius 2 is 2.00 bits per heavy atom. The maximum absolute atomic E-state index is 12.5. The van der Waals surface area contributed by atoms with Gasteiger partial charge < -0.3 is 4.98 Å². The van der Waals surface area contributed by atoms with Gasteiger partial charge >= 0.3 is 6.18 Å². The summed E-state index contributed by atoms with van der Waals surface area (Å²) in [5, 5.41) is 0. The number of aromatic nitrogens is 1.